The van der Waals surface area contributed by atoms with Crippen molar-refractivity contribution in [1.82, 2.24) is 9.78 Å². The normalized spacial score (nSPS) is 18.6. The van der Waals surface area contributed by atoms with Crippen molar-refractivity contribution in [2.24, 2.45) is 0 Å². The van der Waals surface area contributed by atoms with Gasteiger partial charge in [-0.25, -0.2) is 0 Å². The number of hydrogen-bond acceptors (Lipinski definition) is 6. The van der Waals surface area contributed by atoms with Crippen LogP contribution in [0.15, 0.2) is 36.4 Å². The van der Waals surface area contributed by atoms with E-state index in [0.717, 1.165) is 46.0 Å². The molecule has 1 aromatic heterocycles. The Labute approximate surface area is 213 Å². The number of esters is 1. The Hall–Kier alpha value is -2.84. The Kier molecular flexibility index (Phi) is 6.37. The van der Waals surface area contributed by atoms with E-state index in [1.165, 1.54) is 0 Å². The predicted molar refractivity (Wildman–Crippen MR) is 140 cm³/mol. The standard InChI is InChI=1S/C28H35BN2O5/c1-7-33-26(32)15-19-14-18(2)8-13-25(19)34-17-23-22-16-20(29-35-27(3,4)28(5,6)36-29)9-12-24(22)31(30-23)21-10-11-21/h8-9,12-14,16,21H,7,10-11,15,17H2,1-6H3. The molecule has 1 saturated carbocycles. The fourth-order valence-electron chi connectivity index (χ4n) is 4.55. The minimum absolute atomic E-state index is 0.175. The number of aromatic nitrogens is 2. The minimum atomic E-state index is -0.439. The van der Waals surface area contributed by atoms with Crippen molar-refractivity contribution < 1.29 is 23.6 Å². The second kappa shape index (κ2) is 9.23. The average Bonchev–Trinajstić information content (AvgIpc) is 3.54. The lowest BCUT2D eigenvalue weighted by Crippen LogP contribution is -2.41. The smallest absolute Gasteiger partial charge is 0.487 e. The van der Waals surface area contributed by atoms with Gasteiger partial charge in [0.1, 0.15) is 18.1 Å². The fraction of sp³-hybridized carbons (Fsp3) is 0.500. The summed E-state index contributed by atoms with van der Waals surface area (Å²) in [5, 5.41) is 5.98. The van der Waals surface area contributed by atoms with Gasteiger partial charge in [0.2, 0.25) is 0 Å². The van der Waals surface area contributed by atoms with Crippen LogP contribution >= 0.6 is 0 Å². The van der Waals surface area contributed by atoms with Crippen LogP contribution in [-0.4, -0.2) is 40.7 Å². The van der Waals surface area contributed by atoms with Crippen LogP contribution in [0.4, 0.5) is 0 Å². The first kappa shape index (κ1) is 24.8. The molecule has 2 heterocycles. The highest BCUT2D eigenvalue weighted by atomic mass is 16.7. The van der Waals surface area contributed by atoms with Crippen molar-refractivity contribution in [3.05, 3.63) is 53.2 Å². The molecule has 190 valence electrons. The Morgan fingerprint density at radius 2 is 1.83 bits per heavy atom. The summed E-state index contributed by atoms with van der Waals surface area (Å²) in [5.41, 5.74) is 3.99. The monoisotopic (exact) mass is 490 g/mol. The summed E-state index contributed by atoms with van der Waals surface area (Å²) in [6, 6.07) is 12.6. The molecule has 2 fully saturated rings. The molecule has 0 unspecified atom stereocenters. The number of carbonyl (C=O) groups is 1. The Balaban J connectivity index is 1.44. The first-order chi connectivity index (χ1) is 17.1. The Morgan fingerprint density at radius 1 is 1.11 bits per heavy atom. The van der Waals surface area contributed by atoms with E-state index >= 15 is 0 Å². The van der Waals surface area contributed by atoms with Gasteiger partial charge in [-0.1, -0.05) is 29.8 Å². The lowest BCUT2D eigenvalue weighted by molar-refractivity contribution is -0.142. The zero-order chi connectivity index (χ0) is 25.7. The average molecular weight is 490 g/mol. The first-order valence-electron chi connectivity index (χ1n) is 12.8. The third-order valence-corrected chi connectivity index (χ3v) is 7.45. The van der Waals surface area contributed by atoms with Crippen molar-refractivity contribution in [3.8, 4) is 5.75 Å². The maximum Gasteiger partial charge on any atom is 0.494 e. The molecule has 1 aliphatic carbocycles. The molecule has 0 bridgehead atoms. The van der Waals surface area contributed by atoms with Gasteiger partial charge in [-0.2, -0.15) is 5.10 Å². The number of aryl methyl sites for hydroxylation is 1. The topological polar surface area (TPSA) is 71.8 Å². The second-order valence-corrected chi connectivity index (χ2v) is 10.9. The molecule has 36 heavy (non-hydrogen) atoms. The largest absolute Gasteiger partial charge is 0.494 e. The highest BCUT2D eigenvalue weighted by molar-refractivity contribution is 6.62. The van der Waals surface area contributed by atoms with Gasteiger partial charge in [0.25, 0.3) is 0 Å². The highest BCUT2D eigenvalue weighted by Crippen LogP contribution is 2.39. The third-order valence-electron chi connectivity index (χ3n) is 7.45. The van der Waals surface area contributed by atoms with Gasteiger partial charge in [-0.15, -0.1) is 0 Å². The molecule has 1 aliphatic heterocycles. The van der Waals surface area contributed by atoms with Crippen LogP contribution < -0.4 is 10.2 Å². The van der Waals surface area contributed by atoms with E-state index in [1.807, 2.05) is 32.0 Å². The number of carbonyl (C=O) groups excluding carboxylic acids is 1. The molecule has 2 aromatic carbocycles. The second-order valence-electron chi connectivity index (χ2n) is 10.9. The molecule has 0 N–H and O–H groups in total. The van der Waals surface area contributed by atoms with Crippen molar-refractivity contribution in [1.29, 1.82) is 0 Å². The summed E-state index contributed by atoms with van der Waals surface area (Å²) in [5.74, 6) is 0.411. The molecule has 0 radical (unpaired) electrons. The van der Waals surface area contributed by atoms with Crippen LogP contribution in [0.3, 0.4) is 0 Å². The van der Waals surface area contributed by atoms with E-state index in [4.69, 9.17) is 23.9 Å². The Morgan fingerprint density at radius 3 is 2.50 bits per heavy atom. The molecule has 0 atom stereocenters. The summed E-state index contributed by atoms with van der Waals surface area (Å²) in [6.07, 6.45) is 2.45. The molecular weight excluding hydrogens is 455 g/mol. The van der Waals surface area contributed by atoms with E-state index in [9.17, 15) is 4.79 Å². The van der Waals surface area contributed by atoms with E-state index in [1.54, 1.807) is 0 Å². The molecule has 5 rings (SSSR count). The number of rotatable bonds is 8. The summed E-state index contributed by atoms with van der Waals surface area (Å²) < 4.78 is 26.1. The van der Waals surface area contributed by atoms with Gasteiger partial charge in [-0.05, 0) is 72.0 Å². The summed E-state index contributed by atoms with van der Waals surface area (Å²) in [4.78, 5) is 12.1. The van der Waals surface area contributed by atoms with Crippen LogP contribution in [0.1, 0.15) is 70.3 Å². The molecule has 7 nitrogen and oxygen atoms in total. The van der Waals surface area contributed by atoms with Gasteiger partial charge in [0, 0.05) is 10.9 Å². The number of fused-ring (bicyclic) bond motifs is 1. The number of benzene rings is 2. The molecule has 3 aromatic rings. The van der Waals surface area contributed by atoms with Gasteiger partial charge in [-0.3, -0.25) is 9.48 Å². The third kappa shape index (κ3) is 4.76. The maximum atomic E-state index is 12.1. The van der Waals surface area contributed by atoms with Crippen LogP contribution in [0.2, 0.25) is 0 Å². The van der Waals surface area contributed by atoms with Crippen LogP contribution in [0.5, 0.6) is 5.75 Å². The van der Waals surface area contributed by atoms with E-state index in [2.05, 4.69) is 50.6 Å². The first-order valence-corrected chi connectivity index (χ1v) is 12.8. The van der Waals surface area contributed by atoms with Gasteiger partial charge in [0.15, 0.2) is 0 Å². The number of nitrogens with zero attached hydrogens (tertiary/aromatic N) is 2. The summed E-state index contributed by atoms with van der Waals surface area (Å²) in [7, 11) is -0.439. The quantitative estimate of drug-likeness (QED) is 0.338. The molecule has 8 heteroatoms. The van der Waals surface area contributed by atoms with Crippen molar-refractivity contribution >= 4 is 29.5 Å². The van der Waals surface area contributed by atoms with Gasteiger partial charge >= 0.3 is 13.1 Å². The summed E-state index contributed by atoms with van der Waals surface area (Å²) >= 11 is 0. The van der Waals surface area contributed by atoms with E-state index in [0.29, 0.717) is 25.0 Å². The lowest BCUT2D eigenvalue weighted by atomic mass is 9.78. The molecular formula is C28H35BN2O5. The SMILES string of the molecule is CCOC(=O)Cc1cc(C)ccc1OCc1nn(C2CC2)c2ccc(B3OC(C)(C)C(C)(C)O3)cc12. The highest BCUT2D eigenvalue weighted by Gasteiger charge is 2.51. The van der Waals surface area contributed by atoms with Crippen molar-refractivity contribution in [2.75, 3.05) is 6.61 Å². The number of hydrogen-bond donors (Lipinski definition) is 0. The zero-order valence-electron chi connectivity index (χ0n) is 22.1. The lowest BCUT2D eigenvalue weighted by Gasteiger charge is -2.32. The molecule has 0 spiro atoms. The van der Waals surface area contributed by atoms with Crippen molar-refractivity contribution in [2.45, 2.75) is 84.7 Å². The fourth-order valence-corrected chi connectivity index (χ4v) is 4.55. The molecule has 1 saturated heterocycles. The minimum Gasteiger partial charge on any atom is -0.487 e. The zero-order valence-corrected chi connectivity index (χ0v) is 22.1. The van der Waals surface area contributed by atoms with Gasteiger partial charge < -0.3 is 18.8 Å². The predicted octanol–water partition coefficient (Wildman–Crippen LogP) is 4.66. The van der Waals surface area contributed by atoms with E-state index < -0.39 is 18.3 Å². The van der Waals surface area contributed by atoms with E-state index in [-0.39, 0.29) is 12.4 Å². The number of ether oxygens (including phenoxy) is 2. The Bertz CT molecular complexity index is 1280. The van der Waals surface area contributed by atoms with Gasteiger partial charge in [0.05, 0.1) is 35.8 Å². The summed E-state index contributed by atoms with van der Waals surface area (Å²) in [6.45, 7) is 12.7. The molecule has 2 aliphatic rings. The maximum absolute atomic E-state index is 12.1. The van der Waals surface area contributed by atoms with Crippen LogP contribution in [0, 0.1) is 6.92 Å². The molecule has 0 amide bonds. The van der Waals surface area contributed by atoms with Crippen LogP contribution in [-0.2, 0) is 31.9 Å². The van der Waals surface area contributed by atoms with Crippen LogP contribution in [0.25, 0.3) is 10.9 Å². The van der Waals surface area contributed by atoms with Crippen molar-refractivity contribution in [3.63, 3.8) is 0 Å².